The minimum Gasteiger partial charge on any atom is -0.439 e. The molecular formula is C14H13FN2O4. The van der Waals surface area contributed by atoms with E-state index < -0.39 is 17.8 Å². The molecule has 0 aromatic heterocycles. The van der Waals surface area contributed by atoms with Crippen molar-refractivity contribution in [2.24, 2.45) is 0 Å². The minimum atomic E-state index is -0.668. The van der Waals surface area contributed by atoms with Gasteiger partial charge < -0.3 is 9.64 Å². The highest BCUT2D eigenvalue weighted by Crippen LogP contribution is 2.22. The maximum Gasteiger partial charge on any atom is 0.417 e. The summed E-state index contributed by atoms with van der Waals surface area (Å²) >= 11 is 0. The van der Waals surface area contributed by atoms with Crippen LogP contribution < -0.4 is 0 Å². The molecular weight excluding hydrogens is 279 g/mol. The van der Waals surface area contributed by atoms with E-state index in [9.17, 15) is 18.8 Å². The van der Waals surface area contributed by atoms with E-state index >= 15 is 0 Å². The fraction of sp³-hybridized carbons (Fsp3) is 0.357. The third-order valence-corrected chi connectivity index (χ3v) is 3.72. The van der Waals surface area contributed by atoms with Gasteiger partial charge in [-0.25, -0.2) is 14.1 Å². The average molecular weight is 292 g/mol. The molecule has 0 radical (unpaired) electrons. The highest BCUT2D eigenvalue weighted by molar-refractivity contribution is 5.99. The van der Waals surface area contributed by atoms with Crippen molar-refractivity contribution in [1.29, 1.82) is 0 Å². The minimum absolute atomic E-state index is 0.244. The molecule has 110 valence electrons. The second-order valence-corrected chi connectivity index (χ2v) is 5.15. The van der Waals surface area contributed by atoms with Crippen LogP contribution in [0, 0.1) is 12.7 Å². The average Bonchev–Trinajstić information content (AvgIpc) is 2.72. The fourth-order valence-electron chi connectivity index (χ4n) is 2.41. The van der Waals surface area contributed by atoms with Gasteiger partial charge in [-0.2, -0.15) is 0 Å². The first-order valence-corrected chi connectivity index (χ1v) is 6.51. The molecule has 0 bridgehead atoms. The fourth-order valence-corrected chi connectivity index (χ4v) is 2.41. The molecule has 2 heterocycles. The van der Waals surface area contributed by atoms with Gasteiger partial charge in [0.1, 0.15) is 5.82 Å². The Morgan fingerprint density at radius 1 is 1.33 bits per heavy atom. The molecule has 2 aliphatic rings. The molecule has 3 rings (SSSR count). The molecule has 0 unspecified atom stereocenters. The van der Waals surface area contributed by atoms with Gasteiger partial charge >= 0.3 is 6.09 Å². The van der Waals surface area contributed by atoms with Crippen LogP contribution in [-0.2, 0) is 9.53 Å². The monoisotopic (exact) mass is 292 g/mol. The van der Waals surface area contributed by atoms with Gasteiger partial charge in [-0.15, -0.1) is 0 Å². The van der Waals surface area contributed by atoms with Crippen molar-refractivity contribution in [3.63, 3.8) is 0 Å². The van der Waals surface area contributed by atoms with E-state index in [0.29, 0.717) is 5.56 Å². The quantitative estimate of drug-likeness (QED) is 0.813. The van der Waals surface area contributed by atoms with E-state index in [1.54, 1.807) is 19.1 Å². The standard InChI is InChI=1S/C14H13FN2O4/c1-8-2-3-9(4-11(8)15)13(19)16-5-10(6-16)17-12(18)7-21-14(17)20/h2-4,10H,5-7H2,1H3. The molecule has 0 N–H and O–H groups in total. The summed E-state index contributed by atoms with van der Waals surface area (Å²) in [6, 6.07) is 3.94. The van der Waals surface area contributed by atoms with E-state index in [2.05, 4.69) is 4.74 Å². The number of cyclic esters (lactones) is 1. The van der Waals surface area contributed by atoms with Crippen molar-refractivity contribution in [2.75, 3.05) is 19.7 Å². The molecule has 7 heteroatoms. The lowest BCUT2D eigenvalue weighted by molar-refractivity contribution is -0.129. The summed E-state index contributed by atoms with van der Waals surface area (Å²) in [6.07, 6.45) is -0.668. The Balaban J connectivity index is 1.65. The lowest BCUT2D eigenvalue weighted by atomic mass is 10.0. The lowest BCUT2D eigenvalue weighted by Crippen LogP contribution is -2.62. The Kier molecular flexibility index (Phi) is 3.12. The molecule has 6 nitrogen and oxygen atoms in total. The normalized spacial score (nSPS) is 18.8. The maximum atomic E-state index is 13.5. The summed E-state index contributed by atoms with van der Waals surface area (Å²) < 4.78 is 18.1. The molecule has 2 aliphatic heterocycles. The zero-order valence-corrected chi connectivity index (χ0v) is 11.3. The van der Waals surface area contributed by atoms with E-state index in [1.165, 1.54) is 11.0 Å². The van der Waals surface area contributed by atoms with Crippen molar-refractivity contribution in [3.05, 3.63) is 35.1 Å². The Bertz CT molecular complexity index is 624. The van der Waals surface area contributed by atoms with Crippen LogP contribution >= 0.6 is 0 Å². The smallest absolute Gasteiger partial charge is 0.417 e. The number of benzene rings is 1. The molecule has 0 saturated carbocycles. The Morgan fingerprint density at radius 3 is 2.62 bits per heavy atom. The zero-order valence-electron chi connectivity index (χ0n) is 11.3. The van der Waals surface area contributed by atoms with Crippen LogP contribution in [0.4, 0.5) is 9.18 Å². The van der Waals surface area contributed by atoms with Gasteiger partial charge in [-0.05, 0) is 24.6 Å². The van der Waals surface area contributed by atoms with Crippen LogP contribution in [0.3, 0.4) is 0 Å². The van der Waals surface area contributed by atoms with Crippen LogP contribution in [0.5, 0.6) is 0 Å². The van der Waals surface area contributed by atoms with Crippen LogP contribution in [0.2, 0.25) is 0 Å². The molecule has 1 aromatic rings. The van der Waals surface area contributed by atoms with Gasteiger partial charge in [0.25, 0.3) is 11.8 Å². The first-order chi connectivity index (χ1) is 9.97. The topological polar surface area (TPSA) is 66.9 Å². The Labute approximate surface area is 120 Å². The van der Waals surface area contributed by atoms with Crippen molar-refractivity contribution in [3.8, 4) is 0 Å². The van der Waals surface area contributed by atoms with Crippen LogP contribution in [0.15, 0.2) is 18.2 Å². The Hall–Kier alpha value is -2.44. The number of hydrogen-bond donors (Lipinski definition) is 0. The SMILES string of the molecule is Cc1ccc(C(=O)N2CC(N3C(=O)COC3=O)C2)cc1F. The number of carbonyl (C=O) groups excluding carboxylic acids is 3. The second kappa shape index (κ2) is 4.83. The van der Waals surface area contributed by atoms with Crippen molar-refractivity contribution >= 4 is 17.9 Å². The number of nitrogens with zero attached hydrogens (tertiary/aromatic N) is 2. The lowest BCUT2D eigenvalue weighted by Gasteiger charge is -2.41. The van der Waals surface area contributed by atoms with Gasteiger partial charge in [0.15, 0.2) is 6.61 Å². The van der Waals surface area contributed by atoms with E-state index in [4.69, 9.17) is 0 Å². The van der Waals surface area contributed by atoms with Gasteiger partial charge in [-0.1, -0.05) is 6.07 Å². The predicted octanol–water partition coefficient (Wildman–Crippen LogP) is 0.937. The Morgan fingerprint density at radius 2 is 2.05 bits per heavy atom. The van der Waals surface area contributed by atoms with E-state index in [1.807, 2.05) is 0 Å². The highest BCUT2D eigenvalue weighted by Gasteiger charge is 2.44. The molecule has 21 heavy (non-hydrogen) atoms. The molecule has 0 spiro atoms. The number of imide groups is 1. The third kappa shape index (κ3) is 2.24. The number of ether oxygens (including phenoxy) is 1. The number of halogens is 1. The van der Waals surface area contributed by atoms with Crippen molar-refractivity contribution in [1.82, 2.24) is 9.80 Å². The molecule has 3 amide bonds. The highest BCUT2D eigenvalue weighted by atomic mass is 19.1. The summed E-state index contributed by atoms with van der Waals surface area (Å²) in [5, 5.41) is 0. The van der Waals surface area contributed by atoms with E-state index in [0.717, 1.165) is 4.90 Å². The number of amides is 3. The van der Waals surface area contributed by atoms with Gasteiger partial charge in [0, 0.05) is 18.7 Å². The van der Waals surface area contributed by atoms with Gasteiger partial charge in [0.05, 0.1) is 6.04 Å². The van der Waals surface area contributed by atoms with Crippen molar-refractivity contribution < 1.29 is 23.5 Å². The number of carbonyl (C=O) groups is 3. The summed E-state index contributed by atoms with van der Waals surface area (Å²) in [5.41, 5.74) is 0.727. The van der Waals surface area contributed by atoms with E-state index in [-0.39, 0.29) is 37.2 Å². The maximum absolute atomic E-state index is 13.5. The summed E-state index contributed by atoms with van der Waals surface area (Å²) in [7, 11) is 0. The number of likely N-dealkylation sites (tertiary alicyclic amines) is 1. The number of rotatable bonds is 2. The third-order valence-electron chi connectivity index (χ3n) is 3.72. The molecule has 2 fully saturated rings. The molecule has 0 aliphatic carbocycles. The predicted molar refractivity (Wildman–Crippen MR) is 69.0 cm³/mol. The summed E-state index contributed by atoms with van der Waals surface area (Å²) in [4.78, 5) is 37.5. The van der Waals surface area contributed by atoms with Crippen molar-refractivity contribution in [2.45, 2.75) is 13.0 Å². The second-order valence-electron chi connectivity index (χ2n) is 5.15. The molecule has 1 aromatic carbocycles. The number of hydrogen-bond acceptors (Lipinski definition) is 4. The first kappa shape index (κ1) is 13.5. The molecule has 2 saturated heterocycles. The van der Waals surface area contributed by atoms with Gasteiger partial charge in [-0.3, -0.25) is 9.59 Å². The van der Waals surface area contributed by atoms with Crippen LogP contribution in [0.1, 0.15) is 15.9 Å². The zero-order chi connectivity index (χ0) is 15.1. The van der Waals surface area contributed by atoms with Gasteiger partial charge in [0.2, 0.25) is 0 Å². The van der Waals surface area contributed by atoms with Crippen LogP contribution in [0.25, 0.3) is 0 Å². The van der Waals surface area contributed by atoms with Crippen LogP contribution in [-0.4, -0.2) is 53.4 Å². The number of aryl methyl sites for hydroxylation is 1. The molecule has 0 atom stereocenters. The largest absolute Gasteiger partial charge is 0.439 e. The summed E-state index contributed by atoms with van der Waals surface area (Å²) in [6.45, 7) is 1.87. The first-order valence-electron chi connectivity index (χ1n) is 6.51. The summed E-state index contributed by atoms with van der Waals surface area (Å²) in [5.74, 6) is -1.14.